The molecule has 2 N–H and O–H groups in total. The Morgan fingerprint density at radius 1 is 1.56 bits per heavy atom. The van der Waals surface area contributed by atoms with E-state index in [0.29, 0.717) is 6.54 Å². The zero-order valence-electron chi connectivity index (χ0n) is 10.0. The molecular weight excluding hydrogens is 254 g/mol. The number of carbonyl (C=O) groups is 1. The molecule has 0 aromatic carbocycles. The van der Waals surface area contributed by atoms with Crippen LogP contribution in [0.5, 0.6) is 5.75 Å². The molecule has 1 fully saturated rings. The molecule has 0 spiro atoms. The van der Waals surface area contributed by atoms with Crippen LogP contribution in [0.4, 0.5) is 0 Å². The summed E-state index contributed by atoms with van der Waals surface area (Å²) in [5, 5.41) is 18.4. The van der Waals surface area contributed by atoms with Gasteiger partial charge in [0.25, 0.3) is 5.56 Å². The molecule has 5 nitrogen and oxygen atoms in total. The molecule has 1 saturated heterocycles. The van der Waals surface area contributed by atoms with Crippen molar-refractivity contribution in [2.24, 2.45) is 0 Å². The van der Waals surface area contributed by atoms with Gasteiger partial charge in [0.1, 0.15) is 11.4 Å². The highest BCUT2D eigenvalue weighted by Crippen LogP contribution is 2.38. The summed E-state index contributed by atoms with van der Waals surface area (Å²) in [6.07, 6.45) is 2.04. The third-order valence-corrected chi connectivity index (χ3v) is 4.65. The normalized spacial score (nSPS) is 23.2. The maximum Gasteiger partial charge on any atom is 0.352 e. The predicted octanol–water partition coefficient (Wildman–Crippen LogP) is 1.54. The van der Waals surface area contributed by atoms with Crippen molar-refractivity contribution in [1.82, 2.24) is 4.57 Å². The molecule has 2 heterocycles. The topological polar surface area (TPSA) is 79.5 Å². The summed E-state index contributed by atoms with van der Waals surface area (Å²) >= 11 is 1.76. The van der Waals surface area contributed by atoms with Crippen LogP contribution in [-0.4, -0.2) is 31.2 Å². The lowest BCUT2D eigenvalue weighted by atomic mass is 10.1. The van der Waals surface area contributed by atoms with E-state index >= 15 is 0 Å². The minimum Gasteiger partial charge on any atom is -0.508 e. The standard InChI is InChI=1S/C12H15NO4S/c1-12(3-2-4-18-12)7-13-9(11(16)17)5-8(14)6-10(13)15/h5-6,14H,2-4,7H2,1H3,(H,16,17). The van der Waals surface area contributed by atoms with Crippen LogP contribution in [0.3, 0.4) is 0 Å². The smallest absolute Gasteiger partial charge is 0.352 e. The summed E-state index contributed by atoms with van der Waals surface area (Å²) in [6.45, 7) is 2.40. The van der Waals surface area contributed by atoms with Gasteiger partial charge in [0.15, 0.2) is 0 Å². The Kier molecular flexibility index (Phi) is 3.38. The molecule has 1 aliphatic rings. The summed E-state index contributed by atoms with van der Waals surface area (Å²) in [5.41, 5.74) is -0.630. The Morgan fingerprint density at radius 3 is 2.83 bits per heavy atom. The predicted molar refractivity (Wildman–Crippen MR) is 69.4 cm³/mol. The van der Waals surface area contributed by atoms with Gasteiger partial charge < -0.3 is 14.8 Å². The van der Waals surface area contributed by atoms with Gasteiger partial charge in [-0.3, -0.25) is 4.79 Å². The second kappa shape index (κ2) is 4.68. The lowest BCUT2D eigenvalue weighted by Crippen LogP contribution is -2.34. The summed E-state index contributed by atoms with van der Waals surface area (Å²) < 4.78 is 1.13. The number of aromatic nitrogens is 1. The van der Waals surface area contributed by atoms with Crippen molar-refractivity contribution in [2.75, 3.05) is 5.75 Å². The Balaban J connectivity index is 2.43. The number of nitrogens with zero attached hydrogens (tertiary/aromatic N) is 1. The van der Waals surface area contributed by atoms with Crippen LogP contribution in [0, 0.1) is 0 Å². The first-order chi connectivity index (χ1) is 8.41. The van der Waals surface area contributed by atoms with Gasteiger partial charge in [-0.2, -0.15) is 11.8 Å². The van der Waals surface area contributed by atoms with Gasteiger partial charge in [-0.05, 0) is 25.5 Å². The quantitative estimate of drug-likeness (QED) is 0.870. The van der Waals surface area contributed by atoms with Gasteiger partial charge >= 0.3 is 5.97 Å². The van der Waals surface area contributed by atoms with Crippen LogP contribution in [0.2, 0.25) is 0 Å². The first-order valence-electron chi connectivity index (χ1n) is 5.72. The highest BCUT2D eigenvalue weighted by molar-refractivity contribution is 8.00. The third kappa shape index (κ3) is 2.53. The molecule has 1 unspecified atom stereocenters. The van der Waals surface area contributed by atoms with Crippen LogP contribution in [0.1, 0.15) is 30.3 Å². The third-order valence-electron chi connectivity index (χ3n) is 3.12. The van der Waals surface area contributed by atoms with Crippen molar-refractivity contribution in [3.05, 3.63) is 28.2 Å². The minimum absolute atomic E-state index is 0.106. The van der Waals surface area contributed by atoms with Crippen molar-refractivity contribution in [2.45, 2.75) is 31.1 Å². The van der Waals surface area contributed by atoms with E-state index < -0.39 is 11.5 Å². The summed E-state index contributed by atoms with van der Waals surface area (Å²) in [7, 11) is 0. The second-order valence-electron chi connectivity index (χ2n) is 4.73. The van der Waals surface area contributed by atoms with E-state index in [1.165, 1.54) is 4.57 Å². The molecule has 18 heavy (non-hydrogen) atoms. The van der Waals surface area contributed by atoms with Gasteiger partial charge in [0.2, 0.25) is 0 Å². The largest absolute Gasteiger partial charge is 0.508 e. The molecule has 1 aromatic rings. The number of thioether (sulfide) groups is 1. The van der Waals surface area contributed by atoms with Crippen LogP contribution in [0.25, 0.3) is 0 Å². The number of hydrogen-bond acceptors (Lipinski definition) is 4. The molecular formula is C12H15NO4S. The molecule has 0 amide bonds. The fourth-order valence-electron chi connectivity index (χ4n) is 2.22. The van der Waals surface area contributed by atoms with E-state index in [2.05, 4.69) is 0 Å². The molecule has 98 valence electrons. The van der Waals surface area contributed by atoms with Crippen molar-refractivity contribution < 1.29 is 15.0 Å². The molecule has 6 heteroatoms. The van der Waals surface area contributed by atoms with Crippen molar-refractivity contribution in [1.29, 1.82) is 0 Å². The lowest BCUT2D eigenvalue weighted by molar-refractivity contribution is 0.0682. The Hall–Kier alpha value is -1.43. The fourth-order valence-corrected chi connectivity index (χ4v) is 3.51. The van der Waals surface area contributed by atoms with E-state index in [1.807, 2.05) is 6.92 Å². The molecule has 0 saturated carbocycles. The molecule has 1 atom stereocenters. The summed E-state index contributed by atoms with van der Waals surface area (Å²) in [6, 6.07) is 2.17. The van der Waals surface area contributed by atoms with Crippen LogP contribution in [-0.2, 0) is 6.54 Å². The van der Waals surface area contributed by atoms with Gasteiger partial charge in [0.05, 0.1) is 0 Å². The first kappa shape index (κ1) is 13.0. The van der Waals surface area contributed by atoms with Crippen LogP contribution < -0.4 is 5.56 Å². The SMILES string of the molecule is CC1(Cn2c(C(=O)O)cc(O)cc2=O)CCCS1. The van der Waals surface area contributed by atoms with E-state index in [9.17, 15) is 14.7 Å². The highest BCUT2D eigenvalue weighted by Gasteiger charge is 2.31. The van der Waals surface area contributed by atoms with E-state index in [-0.39, 0.29) is 16.2 Å². The maximum atomic E-state index is 11.8. The molecule has 0 bridgehead atoms. The lowest BCUT2D eigenvalue weighted by Gasteiger charge is -2.24. The number of aromatic hydroxyl groups is 1. The maximum absolute atomic E-state index is 11.8. The minimum atomic E-state index is -1.20. The van der Waals surface area contributed by atoms with Crippen molar-refractivity contribution in [3.8, 4) is 5.75 Å². The molecule has 1 aliphatic heterocycles. The van der Waals surface area contributed by atoms with Gasteiger partial charge in [-0.1, -0.05) is 0 Å². The van der Waals surface area contributed by atoms with Gasteiger partial charge in [0, 0.05) is 23.4 Å². The Bertz CT molecular complexity index is 531. The fraction of sp³-hybridized carbons (Fsp3) is 0.500. The average Bonchev–Trinajstić information content (AvgIpc) is 2.69. The Labute approximate surface area is 108 Å². The molecule has 2 rings (SSSR count). The molecule has 0 aliphatic carbocycles. The summed E-state index contributed by atoms with van der Waals surface area (Å²) in [5.74, 6) is -0.473. The second-order valence-corrected chi connectivity index (χ2v) is 6.41. The first-order valence-corrected chi connectivity index (χ1v) is 6.71. The van der Waals surface area contributed by atoms with E-state index in [4.69, 9.17) is 5.11 Å². The number of rotatable bonds is 3. The molecule has 1 aromatic heterocycles. The zero-order valence-corrected chi connectivity index (χ0v) is 10.9. The van der Waals surface area contributed by atoms with Crippen molar-refractivity contribution in [3.63, 3.8) is 0 Å². The van der Waals surface area contributed by atoms with Gasteiger partial charge in [-0.25, -0.2) is 4.79 Å². The summed E-state index contributed by atoms with van der Waals surface area (Å²) in [4.78, 5) is 23.0. The average molecular weight is 269 g/mol. The van der Waals surface area contributed by atoms with E-state index in [1.54, 1.807) is 11.8 Å². The van der Waals surface area contributed by atoms with Crippen molar-refractivity contribution >= 4 is 17.7 Å². The zero-order chi connectivity index (χ0) is 13.3. The van der Waals surface area contributed by atoms with Crippen LogP contribution in [0.15, 0.2) is 16.9 Å². The molecule has 0 radical (unpaired) electrons. The monoisotopic (exact) mass is 269 g/mol. The Morgan fingerprint density at radius 2 is 2.28 bits per heavy atom. The highest BCUT2D eigenvalue weighted by atomic mass is 32.2. The number of pyridine rings is 1. The van der Waals surface area contributed by atoms with E-state index in [0.717, 1.165) is 30.7 Å². The number of carboxylic acid groups (broad SMARTS) is 1. The number of hydrogen-bond donors (Lipinski definition) is 2. The van der Waals surface area contributed by atoms with Gasteiger partial charge in [-0.15, -0.1) is 0 Å². The number of aromatic carboxylic acids is 1. The number of carboxylic acids is 1. The van der Waals surface area contributed by atoms with Crippen LogP contribution >= 0.6 is 11.8 Å².